The Morgan fingerprint density at radius 2 is 1.89 bits per heavy atom. The molecule has 1 aromatic rings. The lowest BCUT2D eigenvalue weighted by Gasteiger charge is -2.13. The van der Waals surface area contributed by atoms with Crippen molar-refractivity contribution in [1.82, 2.24) is 5.43 Å². The summed E-state index contributed by atoms with van der Waals surface area (Å²) >= 11 is 3.12. The van der Waals surface area contributed by atoms with Crippen molar-refractivity contribution in [2.24, 2.45) is 21.9 Å². The molecule has 0 saturated heterocycles. The lowest BCUT2D eigenvalue weighted by atomic mass is 10.1. The highest BCUT2D eigenvalue weighted by Gasteiger charge is 2.23. The van der Waals surface area contributed by atoms with E-state index in [1.165, 1.54) is 0 Å². The van der Waals surface area contributed by atoms with E-state index in [4.69, 9.17) is 16.8 Å². The fourth-order valence-corrected chi connectivity index (χ4v) is 3.29. The molecule has 1 aromatic carbocycles. The number of hydrogen-bond donors (Lipinski definition) is 4. The van der Waals surface area contributed by atoms with Crippen LogP contribution >= 0.6 is 15.9 Å². The molecule has 0 atom stereocenters. The first-order valence-electron chi connectivity index (χ1n) is 5.39. The maximum Gasteiger partial charge on any atom is 0.239 e. The normalized spacial score (nSPS) is 11.6. The minimum Gasteiger partial charge on any atom is -0.321 e. The van der Waals surface area contributed by atoms with E-state index in [0.29, 0.717) is 10.0 Å². The molecule has 1 rings (SSSR count). The van der Waals surface area contributed by atoms with Crippen LogP contribution in [0, 0.1) is 6.92 Å². The fraction of sp³-hybridized carbons (Fsp3) is 0.300. The number of rotatable bonds is 2. The summed E-state index contributed by atoms with van der Waals surface area (Å²) in [5, 5.41) is 8.54. The van der Waals surface area contributed by atoms with Gasteiger partial charge >= 0.3 is 0 Å². The zero-order valence-electron chi connectivity index (χ0n) is 10.9. The third kappa shape index (κ3) is 4.16. The van der Waals surface area contributed by atoms with Crippen LogP contribution < -0.4 is 22.3 Å². The third-order valence-electron chi connectivity index (χ3n) is 2.11. The van der Waals surface area contributed by atoms with Crippen LogP contribution in [0.1, 0.15) is 25.0 Å². The van der Waals surface area contributed by atoms with Gasteiger partial charge in [0.05, 0.1) is 0 Å². The van der Waals surface area contributed by atoms with Crippen molar-refractivity contribution in [2.45, 2.75) is 25.7 Å². The Hall–Kier alpha value is -1.16. The molecule has 0 spiro atoms. The maximum absolute atomic E-state index is 11.5. The number of nitrogens with two attached hydrogens (primary N) is 3. The van der Waals surface area contributed by atoms with Gasteiger partial charge in [0, 0.05) is 10.0 Å². The average molecular weight is 352 g/mol. The molecule has 19 heavy (non-hydrogen) atoms. The molecule has 0 aromatic heterocycles. The number of primary sulfonamides is 1. The number of aryl methyl sites for hydroxylation is 1. The Bertz CT molecular complexity index is 572. The van der Waals surface area contributed by atoms with Gasteiger partial charge in [-0.3, -0.25) is 0 Å². The number of halogens is 1. The topological polar surface area (TPSA) is 137 Å². The summed E-state index contributed by atoms with van der Waals surface area (Å²) in [4.78, 5) is -0.111. The van der Waals surface area contributed by atoms with Gasteiger partial charge in [-0.15, -0.1) is 0 Å². The van der Waals surface area contributed by atoms with Gasteiger partial charge in [0.25, 0.3) is 0 Å². The first-order valence-corrected chi connectivity index (χ1v) is 7.73. The summed E-state index contributed by atoms with van der Waals surface area (Å²) < 4.78 is 23.4. The summed E-state index contributed by atoms with van der Waals surface area (Å²) in [6.45, 7) is 5.69. The largest absolute Gasteiger partial charge is 0.321 e. The van der Waals surface area contributed by atoms with Crippen molar-refractivity contribution in [3.8, 4) is 0 Å². The van der Waals surface area contributed by atoms with Gasteiger partial charge in [-0.25, -0.2) is 19.4 Å². The molecule has 0 aliphatic carbocycles. The second-order valence-corrected chi connectivity index (χ2v) is 5.59. The van der Waals surface area contributed by atoms with Crippen molar-refractivity contribution in [3.63, 3.8) is 0 Å². The molecule has 0 aliphatic rings. The number of nitrogens with one attached hydrogen (secondary N) is 1. The minimum absolute atomic E-state index is 0.0350. The van der Waals surface area contributed by atoms with Crippen LogP contribution in [0.3, 0.4) is 0 Å². The van der Waals surface area contributed by atoms with Gasteiger partial charge in [-0.2, -0.15) is 5.10 Å². The number of nitrogens with zero attached hydrogens (tertiary/aromatic N) is 1. The van der Waals surface area contributed by atoms with E-state index >= 15 is 0 Å². The summed E-state index contributed by atoms with van der Waals surface area (Å²) in [5.74, 6) is 10.4. The number of hydrazine groups is 1. The number of benzene rings is 1. The van der Waals surface area contributed by atoms with E-state index in [1.54, 1.807) is 19.1 Å². The first-order chi connectivity index (χ1) is 8.82. The van der Waals surface area contributed by atoms with E-state index in [9.17, 15) is 8.42 Å². The lowest BCUT2D eigenvalue weighted by Crippen LogP contribution is -2.34. The molecule has 0 radical (unpaired) electrons. The Labute approximate surface area is 121 Å². The zero-order valence-corrected chi connectivity index (χ0v) is 13.3. The minimum atomic E-state index is -3.93. The van der Waals surface area contributed by atoms with Gasteiger partial charge in [0.15, 0.2) is 5.84 Å². The molecule has 0 amide bonds. The van der Waals surface area contributed by atoms with Gasteiger partial charge in [-0.05, 0) is 34.5 Å². The second-order valence-electron chi connectivity index (χ2n) is 3.24. The molecule has 7 nitrogen and oxygen atoms in total. The summed E-state index contributed by atoms with van der Waals surface area (Å²) in [7, 11) is -3.93. The van der Waals surface area contributed by atoms with Crippen molar-refractivity contribution < 1.29 is 8.42 Å². The summed E-state index contributed by atoms with van der Waals surface area (Å²) in [6, 6.07) is 3.26. The van der Waals surface area contributed by atoms with E-state index in [0.717, 1.165) is 0 Å². The molecule has 0 bridgehead atoms. The molecular formula is C10H18BrN5O2S. The molecule has 7 N–H and O–H groups in total. The van der Waals surface area contributed by atoms with Crippen LogP contribution in [0.25, 0.3) is 0 Å². The quantitative estimate of drug-likeness (QED) is 0.266. The number of hydrazone groups is 1. The first kappa shape index (κ1) is 17.8. The van der Waals surface area contributed by atoms with E-state index < -0.39 is 10.0 Å². The van der Waals surface area contributed by atoms with Gasteiger partial charge < -0.3 is 11.3 Å². The number of hydrogen-bond acceptors (Lipinski definition) is 5. The Kier molecular flexibility index (Phi) is 6.98. The summed E-state index contributed by atoms with van der Waals surface area (Å²) in [5.41, 5.74) is 3.10. The molecule has 0 saturated carbocycles. The van der Waals surface area contributed by atoms with Crippen molar-refractivity contribution in [2.75, 3.05) is 0 Å². The zero-order chi connectivity index (χ0) is 15.2. The molecular weight excluding hydrogens is 334 g/mol. The van der Waals surface area contributed by atoms with E-state index in [1.807, 2.05) is 13.8 Å². The maximum atomic E-state index is 11.5. The molecule has 0 unspecified atom stereocenters. The predicted octanol–water partition coefficient (Wildman–Crippen LogP) is 0.515. The average Bonchev–Trinajstić information content (AvgIpc) is 2.36. The third-order valence-corrected chi connectivity index (χ3v) is 4.02. The Morgan fingerprint density at radius 3 is 2.26 bits per heavy atom. The van der Waals surface area contributed by atoms with Crippen molar-refractivity contribution in [3.05, 3.63) is 27.7 Å². The van der Waals surface area contributed by atoms with Crippen molar-refractivity contribution in [1.29, 1.82) is 0 Å². The van der Waals surface area contributed by atoms with Gasteiger partial charge in [0.2, 0.25) is 10.0 Å². The highest BCUT2D eigenvalue weighted by molar-refractivity contribution is 9.10. The predicted molar refractivity (Wildman–Crippen MR) is 79.6 cm³/mol. The SMILES string of the molecule is CC.Cc1ccc(Br)c(S(N)(=O)=O)c1/C(=N/N)NN. The molecule has 108 valence electrons. The van der Waals surface area contributed by atoms with Crippen molar-refractivity contribution >= 4 is 31.8 Å². The van der Waals surface area contributed by atoms with Gasteiger partial charge in [0.1, 0.15) is 4.90 Å². The van der Waals surface area contributed by atoms with Crippen LogP contribution in [0.4, 0.5) is 0 Å². The Morgan fingerprint density at radius 1 is 1.37 bits per heavy atom. The van der Waals surface area contributed by atoms with E-state index in [2.05, 4.69) is 26.5 Å². The van der Waals surface area contributed by atoms with E-state index in [-0.39, 0.29) is 16.3 Å². The van der Waals surface area contributed by atoms with Crippen LogP contribution in [0.15, 0.2) is 26.6 Å². The summed E-state index contributed by atoms with van der Waals surface area (Å²) in [6.07, 6.45) is 0. The smallest absolute Gasteiger partial charge is 0.239 e. The molecule has 9 heteroatoms. The highest BCUT2D eigenvalue weighted by atomic mass is 79.9. The van der Waals surface area contributed by atoms with Crippen LogP contribution in [-0.4, -0.2) is 14.3 Å². The highest BCUT2D eigenvalue weighted by Crippen LogP contribution is 2.27. The standard InChI is InChI=1S/C8H12BrN5O2S.C2H6/c1-4-2-3-5(9)7(17(12,15)16)6(4)8(13-10)14-11;1-2/h2-3H,10-11H2,1H3,(H,13,14)(H2,12,15,16);1-2H3. The lowest BCUT2D eigenvalue weighted by molar-refractivity contribution is 0.597. The number of sulfonamides is 1. The number of amidine groups is 1. The Balaban J connectivity index is 0.00000154. The van der Waals surface area contributed by atoms with Gasteiger partial charge in [-0.1, -0.05) is 19.9 Å². The van der Waals surface area contributed by atoms with Crippen LogP contribution in [0.5, 0.6) is 0 Å². The van der Waals surface area contributed by atoms with Crippen LogP contribution in [0.2, 0.25) is 0 Å². The fourth-order valence-electron chi connectivity index (χ4n) is 1.40. The molecule has 0 fully saturated rings. The molecule has 0 heterocycles. The second kappa shape index (κ2) is 7.43. The monoisotopic (exact) mass is 351 g/mol. The molecule has 0 aliphatic heterocycles. The van der Waals surface area contributed by atoms with Crippen LogP contribution in [-0.2, 0) is 10.0 Å².